The summed E-state index contributed by atoms with van der Waals surface area (Å²) >= 11 is 0. The van der Waals surface area contributed by atoms with Gasteiger partial charge in [-0.25, -0.2) is 0 Å². The lowest BCUT2D eigenvalue weighted by molar-refractivity contribution is 0.105. The predicted molar refractivity (Wildman–Crippen MR) is 70.6 cm³/mol. The smallest absolute Gasteiger partial charge is 0.237 e. The average Bonchev–Trinajstić information content (AvgIpc) is 2.35. The predicted octanol–water partition coefficient (Wildman–Crippen LogP) is 3.43. The zero-order valence-corrected chi connectivity index (χ0v) is 10.3. The quantitative estimate of drug-likeness (QED) is 0.333. The van der Waals surface area contributed by atoms with E-state index in [2.05, 4.69) is 30.6 Å². The first-order valence-corrected chi connectivity index (χ1v) is 5.84. The van der Waals surface area contributed by atoms with Gasteiger partial charge in [0.15, 0.2) is 0 Å². The molecule has 0 heterocycles. The van der Waals surface area contributed by atoms with Gasteiger partial charge in [0.05, 0.1) is 0 Å². The van der Waals surface area contributed by atoms with Gasteiger partial charge in [-0.15, -0.1) is 0 Å². The molecule has 1 nitrogen and oxygen atoms in total. The summed E-state index contributed by atoms with van der Waals surface area (Å²) in [6.45, 7) is 3.80. The lowest BCUT2D eigenvalue weighted by atomic mass is 10.0. The second kappa shape index (κ2) is 7.31. The van der Waals surface area contributed by atoms with Crippen LogP contribution < -0.4 is 0 Å². The molecule has 1 heteroatoms. The Kier molecular flexibility index (Phi) is 5.62. The fourth-order valence-corrected chi connectivity index (χ4v) is 1.39. The molecule has 0 aliphatic carbocycles. The Bertz CT molecular complexity index is 504. The number of unbranched alkanes of at least 4 members (excludes halogenated alkanes) is 2. The minimum Gasteiger partial charge on any atom is -0.279 e. The molecular weight excluding hydrogens is 208 g/mol. The van der Waals surface area contributed by atoms with Crippen LogP contribution >= 0.6 is 0 Å². The minimum absolute atomic E-state index is 0.159. The zero-order chi connectivity index (χ0) is 12.5. The van der Waals surface area contributed by atoms with E-state index in [1.165, 1.54) is 0 Å². The van der Waals surface area contributed by atoms with Gasteiger partial charge in [-0.2, -0.15) is 0 Å². The van der Waals surface area contributed by atoms with Gasteiger partial charge in [0, 0.05) is 17.5 Å². The molecule has 0 N–H and O–H groups in total. The number of Topliss-reactive ketones (excluding diaryl/α,β-unsaturated/α-hetero) is 1. The van der Waals surface area contributed by atoms with E-state index >= 15 is 0 Å². The van der Waals surface area contributed by atoms with E-state index in [-0.39, 0.29) is 5.78 Å². The third kappa shape index (κ3) is 4.17. The van der Waals surface area contributed by atoms with E-state index in [1.54, 1.807) is 13.0 Å². The molecule has 0 bridgehead atoms. The van der Waals surface area contributed by atoms with E-state index < -0.39 is 0 Å². The van der Waals surface area contributed by atoms with Gasteiger partial charge < -0.3 is 0 Å². The first-order valence-electron chi connectivity index (χ1n) is 5.84. The summed E-state index contributed by atoms with van der Waals surface area (Å²) in [4.78, 5) is 11.7. The van der Waals surface area contributed by atoms with Gasteiger partial charge in [0.1, 0.15) is 0 Å². The highest BCUT2D eigenvalue weighted by atomic mass is 16.1. The zero-order valence-electron chi connectivity index (χ0n) is 10.3. The standard InChI is InChI=1S/C16H16O/c1-3-5-6-7-11-14-12-8-9-13-15(14)16(17)10-4-2/h8-9,12-13H,3,5-6H2,1-2H3. The molecule has 86 valence electrons. The molecule has 0 amide bonds. The van der Waals surface area contributed by atoms with Crippen molar-refractivity contribution in [2.45, 2.75) is 33.1 Å². The Hall–Kier alpha value is -1.99. The molecule has 1 rings (SSSR count). The fraction of sp³-hybridized carbons (Fsp3) is 0.312. The van der Waals surface area contributed by atoms with Crippen LogP contribution in [0.1, 0.15) is 49.0 Å². The van der Waals surface area contributed by atoms with Crippen LogP contribution in [0.5, 0.6) is 0 Å². The largest absolute Gasteiger partial charge is 0.279 e. The summed E-state index contributed by atoms with van der Waals surface area (Å²) in [6, 6.07) is 7.36. The Morgan fingerprint density at radius 2 is 2.06 bits per heavy atom. The molecule has 0 aliphatic heterocycles. The summed E-state index contributed by atoms with van der Waals surface area (Å²) in [6.07, 6.45) is 3.10. The van der Waals surface area contributed by atoms with Crippen molar-refractivity contribution < 1.29 is 4.79 Å². The van der Waals surface area contributed by atoms with Crippen LogP contribution in [0, 0.1) is 23.7 Å². The van der Waals surface area contributed by atoms with Crippen LogP contribution in [0.3, 0.4) is 0 Å². The van der Waals surface area contributed by atoms with Gasteiger partial charge in [0.2, 0.25) is 5.78 Å². The maximum atomic E-state index is 11.7. The van der Waals surface area contributed by atoms with Gasteiger partial charge in [0.25, 0.3) is 0 Å². The van der Waals surface area contributed by atoms with Crippen molar-refractivity contribution in [2.24, 2.45) is 0 Å². The van der Waals surface area contributed by atoms with Crippen LogP contribution in [-0.2, 0) is 0 Å². The maximum absolute atomic E-state index is 11.7. The normalized spacial score (nSPS) is 8.59. The summed E-state index contributed by atoms with van der Waals surface area (Å²) in [5.74, 6) is 11.1. The lowest BCUT2D eigenvalue weighted by Crippen LogP contribution is -1.98. The molecule has 0 atom stereocenters. The first-order chi connectivity index (χ1) is 8.29. The van der Waals surface area contributed by atoms with Crippen molar-refractivity contribution in [3.05, 3.63) is 35.4 Å². The number of ketones is 1. The third-order valence-corrected chi connectivity index (χ3v) is 2.29. The van der Waals surface area contributed by atoms with Gasteiger partial charge in [-0.3, -0.25) is 4.79 Å². The van der Waals surface area contributed by atoms with Gasteiger partial charge in [-0.05, 0) is 31.4 Å². The van der Waals surface area contributed by atoms with E-state index in [9.17, 15) is 4.79 Å². The molecule has 0 saturated heterocycles. The average molecular weight is 224 g/mol. The van der Waals surface area contributed by atoms with Crippen LogP contribution in [0.2, 0.25) is 0 Å². The van der Waals surface area contributed by atoms with Crippen LogP contribution in [0.4, 0.5) is 0 Å². The number of carbonyl (C=O) groups excluding carboxylic acids is 1. The van der Waals surface area contributed by atoms with E-state index in [1.807, 2.05) is 18.2 Å². The molecule has 0 aliphatic rings. The molecule has 0 spiro atoms. The van der Waals surface area contributed by atoms with Crippen molar-refractivity contribution in [1.82, 2.24) is 0 Å². The summed E-state index contributed by atoms with van der Waals surface area (Å²) < 4.78 is 0. The SMILES string of the molecule is CC#CC(=O)c1ccccc1C#CCCCC. The molecule has 0 radical (unpaired) electrons. The highest BCUT2D eigenvalue weighted by Crippen LogP contribution is 2.08. The Morgan fingerprint density at radius 3 is 2.76 bits per heavy atom. The van der Waals surface area contributed by atoms with Crippen LogP contribution in [-0.4, -0.2) is 5.78 Å². The molecule has 0 fully saturated rings. The molecule has 0 saturated carbocycles. The monoisotopic (exact) mass is 224 g/mol. The molecule has 17 heavy (non-hydrogen) atoms. The minimum atomic E-state index is -0.159. The van der Waals surface area contributed by atoms with Crippen molar-refractivity contribution in [1.29, 1.82) is 0 Å². The van der Waals surface area contributed by atoms with Crippen molar-refractivity contribution in [3.63, 3.8) is 0 Å². The number of benzene rings is 1. The Balaban J connectivity index is 2.93. The van der Waals surface area contributed by atoms with Gasteiger partial charge in [-0.1, -0.05) is 43.2 Å². The summed E-state index contributed by atoms with van der Waals surface area (Å²) in [5, 5.41) is 0. The Labute approximate surface area is 103 Å². The van der Waals surface area contributed by atoms with Crippen molar-refractivity contribution >= 4 is 5.78 Å². The Morgan fingerprint density at radius 1 is 1.29 bits per heavy atom. The van der Waals surface area contributed by atoms with E-state index in [0.29, 0.717) is 5.56 Å². The summed E-state index contributed by atoms with van der Waals surface area (Å²) in [7, 11) is 0. The number of hydrogen-bond donors (Lipinski definition) is 0. The number of carbonyl (C=O) groups is 1. The molecule has 1 aromatic carbocycles. The van der Waals surface area contributed by atoms with Crippen molar-refractivity contribution in [2.75, 3.05) is 0 Å². The van der Waals surface area contributed by atoms with Crippen molar-refractivity contribution in [3.8, 4) is 23.7 Å². The van der Waals surface area contributed by atoms with Crippen LogP contribution in [0.25, 0.3) is 0 Å². The molecule has 0 aromatic heterocycles. The van der Waals surface area contributed by atoms with E-state index in [0.717, 1.165) is 24.8 Å². The molecular formula is C16H16O. The van der Waals surface area contributed by atoms with E-state index in [4.69, 9.17) is 0 Å². The van der Waals surface area contributed by atoms with Gasteiger partial charge >= 0.3 is 0 Å². The topological polar surface area (TPSA) is 17.1 Å². The summed E-state index contributed by atoms with van der Waals surface area (Å²) in [5.41, 5.74) is 1.38. The first kappa shape index (κ1) is 13.1. The maximum Gasteiger partial charge on any atom is 0.237 e. The second-order valence-corrected chi connectivity index (χ2v) is 3.66. The highest BCUT2D eigenvalue weighted by molar-refractivity contribution is 6.10. The number of hydrogen-bond acceptors (Lipinski definition) is 1. The lowest BCUT2D eigenvalue weighted by Gasteiger charge is -1.97. The third-order valence-electron chi connectivity index (χ3n) is 2.29. The molecule has 0 unspecified atom stereocenters. The fourth-order valence-electron chi connectivity index (χ4n) is 1.39. The highest BCUT2D eigenvalue weighted by Gasteiger charge is 2.05. The molecule has 1 aromatic rings. The number of rotatable bonds is 3. The second-order valence-electron chi connectivity index (χ2n) is 3.66. The van der Waals surface area contributed by atoms with Crippen LogP contribution in [0.15, 0.2) is 24.3 Å².